The van der Waals surface area contributed by atoms with Crippen molar-refractivity contribution in [1.29, 1.82) is 0 Å². The highest BCUT2D eigenvalue weighted by atomic mass is 32.1. The Morgan fingerprint density at radius 1 is 0.966 bits per heavy atom. The van der Waals surface area contributed by atoms with Gasteiger partial charge in [-0.2, -0.15) is 0 Å². The molecule has 1 aromatic heterocycles. The van der Waals surface area contributed by atoms with Crippen molar-refractivity contribution in [3.63, 3.8) is 0 Å². The first-order chi connectivity index (χ1) is 27.1. The molecule has 58 heavy (non-hydrogen) atoms. The summed E-state index contributed by atoms with van der Waals surface area (Å²) in [5.74, 6) is 1.89. The highest BCUT2D eigenvalue weighted by Gasteiger charge is 2.44. The van der Waals surface area contributed by atoms with Crippen molar-refractivity contribution in [3.8, 4) is 0 Å². The van der Waals surface area contributed by atoms with Crippen LogP contribution in [0.5, 0.6) is 0 Å². The van der Waals surface area contributed by atoms with E-state index < -0.39 is 76.6 Å². The number of hydrogen-bond donors (Lipinski definition) is 7. The molecule has 17 heteroatoms. The molecule has 0 spiro atoms. The molecule has 0 saturated carbocycles. The Morgan fingerprint density at radius 3 is 2.21 bits per heavy atom. The molecule has 318 valence electrons. The second-order valence-electron chi connectivity index (χ2n) is 17.9. The lowest BCUT2D eigenvalue weighted by Gasteiger charge is -2.39. The third kappa shape index (κ3) is 11.4. The third-order valence-electron chi connectivity index (χ3n) is 10.8. The number of amides is 6. The molecule has 1 fully saturated rings. The fraction of sp³-hybridized carbons (Fsp3) is 0.610. The summed E-state index contributed by atoms with van der Waals surface area (Å²) in [6.45, 7) is 18.7. The molecule has 2 aromatic rings. The lowest BCUT2D eigenvalue weighted by molar-refractivity contribution is -0.140. The number of hydrogen-bond acceptors (Lipinski definition) is 11. The van der Waals surface area contributed by atoms with Crippen LogP contribution in [0.15, 0.2) is 46.9 Å². The predicted octanol–water partition coefficient (Wildman–Crippen LogP) is 2.29. The van der Waals surface area contributed by atoms with Crippen molar-refractivity contribution in [1.82, 2.24) is 41.9 Å². The molecule has 8 N–H and O–H groups in total. The molecule has 1 aromatic carbocycles. The van der Waals surface area contributed by atoms with Gasteiger partial charge < -0.3 is 31.5 Å². The van der Waals surface area contributed by atoms with E-state index >= 15 is 0 Å². The molecule has 16 nitrogen and oxygen atoms in total. The van der Waals surface area contributed by atoms with Crippen molar-refractivity contribution < 1.29 is 28.8 Å². The van der Waals surface area contributed by atoms with E-state index in [0.717, 1.165) is 5.56 Å². The van der Waals surface area contributed by atoms with Crippen LogP contribution in [-0.2, 0) is 28.8 Å². The number of carbonyl (C=O) groups excluding carboxylic acids is 6. The summed E-state index contributed by atoms with van der Waals surface area (Å²) in [6, 6.07) is 3.75. The van der Waals surface area contributed by atoms with Crippen molar-refractivity contribution in [2.45, 2.75) is 124 Å². The summed E-state index contributed by atoms with van der Waals surface area (Å²) in [7, 11) is 0. The number of nitrogens with zero attached hydrogens (tertiary/aromatic N) is 3. The maximum absolute atomic E-state index is 14.8. The van der Waals surface area contributed by atoms with E-state index in [0.29, 0.717) is 18.0 Å². The van der Waals surface area contributed by atoms with E-state index in [-0.39, 0.29) is 42.5 Å². The zero-order valence-electron chi connectivity index (χ0n) is 35.3. The number of amidine groups is 1. The lowest BCUT2D eigenvalue weighted by Crippen LogP contribution is -2.65. The van der Waals surface area contributed by atoms with Crippen LogP contribution in [0.2, 0.25) is 0 Å². The number of benzene rings is 1. The largest absolute Gasteiger partial charge is 0.360 e. The number of aliphatic imine (C=N–C) groups is 1. The van der Waals surface area contributed by atoms with E-state index in [1.807, 2.05) is 99.6 Å². The molecule has 0 aliphatic carbocycles. The number of hydrazine groups is 1. The summed E-state index contributed by atoms with van der Waals surface area (Å²) >= 11 is 1.27. The average Bonchev–Trinajstić information content (AvgIpc) is 3.83. The monoisotopic (exact) mass is 822 g/mol. The molecular formula is C41H62N10O6S. The van der Waals surface area contributed by atoms with Crippen LogP contribution >= 0.6 is 11.3 Å². The van der Waals surface area contributed by atoms with Gasteiger partial charge in [-0.1, -0.05) is 99.6 Å². The van der Waals surface area contributed by atoms with Crippen LogP contribution in [-0.4, -0.2) is 94.5 Å². The summed E-state index contributed by atoms with van der Waals surface area (Å²) in [5, 5.41) is 17.5. The van der Waals surface area contributed by atoms with E-state index in [4.69, 9.17) is 10.8 Å². The topological polar surface area (TPSA) is 229 Å². The fourth-order valence-electron chi connectivity index (χ4n) is 7.33. The van der Waals surface area contributed by atoms with Crippen LogP contribution in [0.3, 0.4) is 0 Å². The summed E-state index contributed by atoms with van der Waals surface area (Å²) in [5.41, 5.74) is 1.38. The number of nitrogens with one attached hydrogen (secondary N) is 6. The van der Waals surface area contributed by atoms with Gasteiger partial charge in [0, 0.05) is 24.0 Å². The van der Waals surface area contributed by atoms with Gasteiger partial charge in [-0.15, -0.1) is 11.3 Å². The second-order valence-corrected chi connectivity index (χ2v) is 18.8. The zero-order chi connectivity index (χ0) is 43.1. The summed E-state index contributed by atoms with van der Waals surface area (Å²) in [6.07, 6.45) is 2.01. The Labute approximate surface area is 345 Å². The molecule has 0 bridgehead atoms. The number of nitrogens with two attached hydrogens (primary N) is 1. The van der Waals surface area contributed by atoms with E-state index in [1.165, 1.54) is 16.2 Å². The fourth-order valence-corrected chi connectivity index (χ4v) is 8.02. The van der Waals surface area contributed by atoms with Gasteiger partial charge in [-0.3, -0.25) is 39.2 Å². The Bertz CT molecular complexity index is 1810. The molecule has 4 rings (SSSR count). The summed E-state index contributed by atoms with van der Waals surface area (Å²) < 4.78 is 0. The quantitative estimate of drug-likeness (QED) is 0.100. The van der Waals surface area contributed by atoms with Crippen LogP contribution in [0, 0.1) is 22.7 Å². The predicted molar refractivity (Wildman–Crippen MR) is 223 cm³/mol. The third-order valence-corrected chi connectivity index (χ3v) is 11.7. The molecule has 3 heterocycles. The van der Waals surface area contributed by atoms with Crippen LogP contribution in [0.4, 0.5) is 0 Å². The Kier molecular flexibility index (Phi) is 15.2. The molecular weight excluding hydrogens is 761 g/mol. The molecule has 6 amide bonds. The van der Waals surface area contributed by atoms with Gasteiger partial charge in [0.25, 0.3) is 0 Å². The van der Waals surface area contributed by atoms with Gasteiger partial charge in [0.1, 0.15) is 41.6 Å². The first kappa shape index (κ1) is 45.8. The number of fused-ring (bicyclic) bond motifs is 1. The lowest BCUT2D eigenvalue weighted by atomic mass is 9.82. The number of carbonyl (C=O) groups is 6. The summed E-state index contributed by atoms with van der Waals surface area (Å²) in [4.78, 5) is 93.8. The van der Waals surface area contributed by atoms with Gasteiger partial charge in [-0.25, -0.2) is 10.8 Å². The first-order valence-corrected chi connectivity index (χ1v) is 20.8. The minimum absolute atomic E-state index is 0.126. The van der Waals surface area contributed by atoms with Crippen molar-refractivity contribution in [2.24, 2.45) is 33.5 Å². The molecule has 0 unspecified atom stereocenters. The van der Waals surface area contributed by atoms with E-state index in [1.54, 1.807) is 11.6 Å². The Morgan fingerprint density at radius 2 is 1.64 bits per heavy atom. The smallest absolute Gasteiger partial charge is 0.244 e. The van der Waals surface area contributed by atoms with Gasteiger partial charge in [-0.05, 0) is 34.7 Å². The SMILES string of the molecule is CC(C)[C@@H]1NC(=O)[C@@H]2[C@H](C)CCN2C(=O)CN=C(N[C@H](C(=O)N[C@@H](C(=O)N[C@@H](CC(=O)NN)c2nccs2)[C@@H](C)c2ccccc2)C(C)(C)C)[C@H](C(C)(C)C)NC1=O. The maximum atomic E-state index is 14.8. The standard InChI is InChI=1S/C41H62N10O6S/c1-22(2)29-35(54)49-32(40(5,6)7)34(44-21-28(53)51-18-16-23(3)31(51)37(56)46-29)48-33(41(8,9)10)38(57)47-30(24(4)25-14-12-11-13-15-25)36(55)45-26(20-27(52)50-42)39-43-17-19-58-39/h11-15,17,19,22-24,26,29-33H,16,18,20-21,42H2,1-10H3,(H,44,48)(H,45,55)(H,46,56)(H,47,57)(H,49,54)(H,50,52)/t23-,24+,26+,29+,30-,31+,32-,33-/m1/s1. The molecule has 2 aliphatic heterocycles. The molecule has 8 atom stereocenters. The van der Waals surface area contributed by atoms with Crippen LogP contribution in [0.25, 0.3) is 0 Å². The highest BCUT2D eigenvalue weighted by Crippen LogP contribution is 2.29. The number of aromatic nitrogens is 1. The Balaban J connectivity index is 1.76. The zero-order valence-corrected chi connectivity index (χ0v) is 36.2. The first-order valence-electron chi connectivity index (χ1n) is 19.9. The number of rotatable bonds is 11. The Hall–Kier alpha value is -4.90. The maximum Gasteiger partial charge on any atom is 0.244 e. The van der Waals surface area contributed by atoms with E-state index in [9.17, 15) is 28.8 Å². The van der Waals surface area contributed by atoms with Gasteiger partial charge >= 0.3 is 0 Å². The van der Waals surface area contributed by atoms with Crippen molar-refractivity contribution in [2.75, 3.05) is 13.1 Å². The van der Waals surface area contributed by atoms with E-state index in [2.05, 4.69) is 37.0 Å². The number of thiazole rings is 1. The minimum atomic E-state index is -1.13. The highest BCUT2D eigenvalue weighted by molar-refractivity contribution is 7.09. The van der Waals surface area contributed by atoms with Crippen LogP contribution in [0.1, 0.15) is 105 Å². The van der Waals surface area contributed by atoms with Gasteiger partial charge in [0.2, 0.25) is 35.4 Å². The van der Waals surface area contributed by atoms with Crippen molar-refractivity contribution >= 4 is 52.6 Å². The van der Waals surface area contributed by atoms with Crippen LogP contribution < -0.4 is 37.9 Å². The molecule has 0 radical (unpaired) electrons. The molecule has 1 saturated heterocycles. The van der Waals surface area contributed by atoms with Crippen molar-refractivity contribution in [3.05, 3.63) is 52.5 Å². The molecule has 2 aliphatic rings. The van der Waals surface area contributed by atoms with Gasteiger partial charge in [0.15, 0.2) is 0 Å². The second kappa shape index (κ2) is 19.2. The minimum Gasteiger partial charge on any atom is -0.360 e. The normalized spacial score (nSPS) is 22.8. The van der Waals surface area contributed by atoms with Gasteiger partial charge in [0.05, 0.1) is 18.5 Å². The average molecular weight is 823 g/mol.